The highest BCUT2D eigenvalue weighted by Gasteiger charge is 2.36. The van der Waals surface area contributed by atoms with E-state index in [0.29, 0.717) is 34.6 Å². The molecule has 2 aromatic carbocycles. The number of hydrogen-bond donors (Lipinski definition) is 1. The topological polar surface area (TPSA) is 71.7 Å². The number of hydrogen-bond acceptors (Lipinski definition) is 6. The van der Waals surface area contributed by atoms with Gasteiger partial charge in [-0.3, -0.25) is 4.79 Å². The summed E-state index contributed by atoms with van der Waals surface area (Å²) in [5.41, 5.74) is 7.71. The van der Waals surface area contributed by atoms with Crippen LogP contribution in [0.2, 0.25) is 15.1 Å². The Morgan fingerprint density at radius 3 is 2.77 bits per heavy atom. The summed E-state index contributed by atoms with van der Waals surface area (Å²) < 4.78 is 20.3. The Bertz CT molecular complexity index is 1350. The molecule has 1 aliphatic heterocycles. The fourth-order valence-electron chi connectivity index (χ4n) is 4.82. The maximum absolute atomic E-state index is 14.3. The third-order valence-corrected chi connectivity index (χ3v) is 9.62. The van der Waals surface area contributed by atoms with Crippen LogP contribution in [-0.4, -0.2) is 47.6 Å². The van der Waals surface area contributed by atoms with E-state index in [0.717, 1.165) is 46.9 Å². The lowest BCUT2D eigenvalue weighted by Gasteiger charge is -2.27. The first-order valence-corrected chi connectivity index (χ1v) is 14.9. The van der Waals surface area contributed by atoms with Gasteiger partial charge >= 0.3 is 0 Å². The van der Waals surface area contributed by atoms with Crippen molar-refractivity contribution in [3.8, 4) is 5.75 Å². The number of aromatic nitrogens is 1. The summed E-state index contributed by atoms with van der Waals surface area (Å²) in [4.78, 5) is 23.2. The lowest BCUT2D eigenvalue weighted by Crippen LogP contribution is -2.41. The van der Waals surface area contributed by atoms with Crippen LogP contribution in [0, 0.1) is 18.7 Å². The van der Waals surface area contributed by atoms with E-state index in [9.17, 15) is 9.18 Å². The van der Waals surface area contributed by atoms with Crippen molar-refractivity contribution in [2.24, 2.45) is 11.7 Å². The van der Waals surface area contributed by atoms with E-state index in [1.165, 1.54) is 6.07 Å². The van der Waals surface area contributed by atoms with Crippen molar-refractivity contribution in [2.45, 2.75) is 51.3 Å². The van der Waals surface area contributed by atoms with Crippen molar-refractivity contribution >= 4 is 57.2 Å². The summed E-state index contributed by atoms with van der Waals surface area (Å²) in [6, 6.07) is 8.70. The summed E-state index contributed by atoms with van der Waals surface area (Å²) in [5, 5.41) is 2.11. The number of carbonyl (C=O) groups is 1. The molecule has 1 saturated heterocycles. The third-order valence-electron chi connectivity index (χ3n) is 7.21. The number of anilines is 1. The first kappa shape index (κ1) is 28.4. The molecule has 1 saturated carbocycles. The molecule has 1 amide bonds. The van der Waals surface area contributed by atoms with Gasteiger partial charge in [-0.15, -0.1) is 11.3 Å². The Hall–Kier alpha value is -2.10. The molecule has 0 bridgehead atoms. The van der Waals surface area contributed by atoms with Gasteiger partial charge in [0.15, 0.2) is 16.7 Å². The molecule has 3 aromatic rings. The molecule has 39 heavy (non-hydrogen) atoms. The van der Waals surface area contributed by atoms with Crippen LogP contribution in [0.1, 0.15) is 35.3 Å². The summed E-state index contributed by atoms with van der Waals surface area (Å²) in [6.45, 7) is 3.78. The molecular formula is C28H30Cl3FN4O2S. The van der Waals surface area contributed by atoms with Crippen LogP contribution in [0.4, 0.5) is 9.52 Å². The number of halogens is 4. The number of carbonyl (C=O) groups excluding carboxylic acids is 1. The fourth-order valence-corrected chi connectivity index (χ4v) is 6.42. The SMILES string of the molecule is Cc1ccc(F)c(O[C@@H]2CCN(c3ncc(C[C@@H](CN)C(=O)N(Cc4cccc(Cl)c4Cl)C4CC4)s3)C2)c1Cl. The number of aryl methyl sites for hydroxylation is 1. The summed E-state index contributed by atoms with van der Waals surface area (Å²) >= 11 is 20.4. The number of thiazole rings is 1. The van der Waals surface area contributed by atoms with Crippen molar-refractivity contribution < 1.29 is 13.9 Å². The van der Waals surface area contributed by atoms with Gasteiger partial charge in [0.2, 0.25) is 5.91 Å². The molecule has 5 rings (SSSR count). The highest BCUT2D eigenvalue weighted by molar-refractivity contribution is 7.15. The standard InChI is InChI=1S/C28H30Cl3FN4O2S/c1-16-5-8-23(32)26(24(16)30)38-20-9-10-35(15-20)28-34-13-21(39-28)11-18(12-33)27(37)36(19-6-7-19)14-17-3-2-4-22(29)25(17)31/h2-5,8,13,18-20H,6-7,9-12,14-15,33H2,1H3/t18-,20+/m0/s1. The first-order chi connectivity index (χ1) is 18.7. The van der Waals surface area contributed by atoms with Crippen LogP contribution >= 0.6 is 46.1 Å². The number of nitrogens with zero attached hydrogens (tertiary/aromatic N) is 3. The Morgan fingerprint density at radius 2 is 2.03 bits per heavy atom. The van der Waals surface area contributed by atoms with E-state index in [2.05, 4.69) is 9.88 Å². The Morgan fingerprint density at radius 1 is 1.23 bits per heavy atom. The average Bonchev–Trinajstić information content (AvgIpc) is 3.47. The zero-order valence-corrected chi connectivity index (χ0v) is 24.6. The van der Waals surface area contributed by atoms with Crippen LogP contribution in [0.25, 0.3) is 0 Å². The lowest BCUT2D eigenvalue weighted by molar-refractivity contribution is -0.136. The maximum atomic E-state index is 14.3. The molecule has 1 aromatic heterocycles. The smallest absolute Gasteiger partial charge is 0.227 e. The molecule has 2 heterocycles. The normalized spacial score (nSPS) is 17.9. The predicted molar refractivity (Wildman–Crippen MR) is 156 cm³/mol. The zero-order valence-electron chi connectivity index (χ0n) is 21.5. The van der Waals surface area contributed by atoms with Crippen LogP contribution in [-0.2, 0) is 17.8 Å². The average molecular weight is 612 g/mol. The minimum atomic E-state index is -0.462. The molecule has 0 radical (unpaired) electrons. The van der Waals surface area contributed by atoms with Crippen molar-refractivity contribution in [1.82, 2.24) is 9.88 Å². The van der Waals surface area contributed by atoms with Crippen LogP contribution in [0.15, 0.2) is 36.5 Å². The number of ether oxygens (including phenoxy) is 1. The Balaban J connectivity index is 1.22. The van der Waals surface area contributed by atoms with E-state index in [1.807, 2.05) is 30.2 Å². The van der Waals surface area contributed by atoms with Crippen molar-refractivity contribution in [1.29, 1.82) is 0 Å². The molecule has 2 atom stereocenters. The van der Waals surface area contributed by atoms with E-state index >= 15 is 0 Å². The number of amides is 1. The number of rotatable bonds is 10. The van der Waals surface area contributed by atoms with Gasteiger partial charge in [-0.05, 0) is 49.4 Å². The molecule has 2 N–H and O–H groups in total. The van der Waals surface area contributed by atoms with Gasteiger partial charge in [0.25, 0.3) is 0 Å². The first-order valence-electron chi connectivity index (χ1n) is 13.0. The highest BCUT2D eigenvalue weighted by atomic mass is 35.5. The summed E-state index contributed by atoms with van der Waals surface area (Å²) in [7, 11) is 0. The van der Waals surface area contributed by atoms with Gasteiger partial charge in [-0.2, -0.15) is 0 Å². The van der Waals surface area contributed by atoms with Crippen molar-refractivity contribution in [2.75, 3.05) is 24.5 Å². The van der Waals surface area contributed by atoms with E-state index in [-0.39, 0.29) is 36.3 Å². The van der Waals surface area contributed by atoms with Crippen molar-refractivity contribution in [3.63, 3.8) is 0 Å². The Kier molecular flexibility index (Phi) is 8.88. The van der Waals surface area contributed by atoms with Gasteiger partial charge < -0.3 is 20.3 Å². The van der Waals surface area contributed by atoms with Crippen LogP contribution in [0.5, 0.6) is 5.75 Å². The number of nitrogens with two attached hydrogens (primary N) is 1. The second kappa shape index (κ2) is 12.2. The molecule has 11 heteroatoms. The summed E-state index contributed by atoms with van der Waals surface area (Å²) in [6.07, 6.45) is 4.80. The summed E-state index contributed by atoms with van der Waals surface area (Å²) in [5.74, 6) is -0.696. The quantitative estimate of drug-likeness (QED) is 0.283. The van der Waals surface area contributed by atoms with Crippen LogP contribution < -0.4 is 15.4 Å². The second-order valence-electron chi connectivity index (χ2n) is 10.1. The molecular weight excluding hydrogens is 582 g/mol. The molecule has 2 aliphatic rings. The predicted octanol–water partition coefficient (Wildman–Crippen LogP) is 6.52. The highest BCUT2D eigenvalue weighted by Crippen LogP contribution is 2.36. The third kappa shape index (κ3) is 6.46. The van der Waals surface area contributed by atoms with Crippen LogP contribution in [0.3, 0.4) is 0 Å². The minimum Gasteiger partial charge on any atom is -0.484 e. The van der Waals surface area contributed by atoms with Crippen molar-refractivity contribution in [3.05, 3.63) is 73.4 Å². The monoisotopic (exact) mass is 610 g/mol. The second-order valence-corrected chi connectivity index (χ2v) is 12.4. The molecule has 0 unspecified atom stereocenters. The molecule has 6 nitrogen and oxygen atoms in total. The molecule has 2 fully saturated rings. The van der Waals surface area contributed by atoms with Gasteiger partial charge in [-0.25, -0.2) is 9.37 Å². The molecule has 208 valence electrons. The van der Waals surface area contributed by atoms with Gasteiger partial charge in [0.05, 0.1) is 27.5 Å². The van der Waals surface area contributed by atoms with E-state index in [1.54, 1.807) is 23.5 Å². The Labute approximate surface area is 246 Å². The lowest BCUT2D eigenvalue weighted by atomic mass is 10.0. The fraction of sp³-hybridized carbons (Fsp3) is 0.429. The van der Waals surface area contributed by atoms with Gasteiger partial charge in [0, 0.05) is 43.2 Å². The maximum Gasteiger partial charge on any atom is 0.227 e. The van der Waals surface area contributed by atoms with Gasteiger partial charge in [-0.1, -0.05) is 53.0 Å². The largest absolute Gasteiger partial charge is 0.484 e. The van der Waals surface area contributed by atoms with E-state index in [4.69, 9.17) is 45.3 Å². The molecule has 1 aliphatic carbocycles. The minimum absolute atomic E-state index is 0.0256. The van der Waals surface area contributed by atoms with Gasteiger partial charge in [0.1, 0.15) is 6.10 Å². The van der Waals surface area contributed by atoms with E-state index < -0.39 is 5.82 Å². The molecule has 0 spiro atoms. The zero-order chi connectivity index (χ0) is 27.7. The number of benzene rings is 2.